The van der Waals surface area contributed by atoms with Gasteiger partial charge in [-0.3, -0.25) is 5.10 Å². The van der Waals surface area contributed by atoms with Crippen LogP contribution in [0.3, 0.4) is 0 Å². The number of hydrogen-bond donors (Lipinski definition) is 2. The zero-order valence-corrected chi connectivity index (χ0v) is 12.9. The zero-order chi connectivity index (χ0) is 14.7. The highest BCUT2D eigenvalue weighted by molar-refractivity contribution is 5.63. The van der Waals surface area contributed by atoms with Gasteiger partial charge in [0.2, 0.25) is 0 Å². The van der Waals surface area contributed by atoms with Crippen LogP contribution in [0, 0.1) is 5.92 Å². The summed E-state index contributed by atoms with van der Waals surface area (Å²) in [6.45, 7) is 8.62. The third kappa shape index (κ3) is 3.45. The Hall–Kier alpha value is -1.81. The maximum absolute atomic E-state index is 4.46. The van der Waals surface area contributed by atoms with E-state index in [1.165, 1.54) is 11.1 Å². The van der Waals surface area contributed by atoms with Crippen LogP contribution in [0.1, 0.15) is 19.4 Å². The van der Waals surface area contributed by atoms with Gasteiger partial charge in [-0.25, -0.2) is 0 Å². The Balaban J connectivity index is 1.73. The highest BCUT2D eigenvalue weighted by atomic mass is 15.3. The number of H-pyrrole nitrogens is 1. The second-order valence-corrected chi connectivity index (χ2v) is 6.17. The summed E-state index contributed by atoms with van der Waals surface area (Å²) in [6, 6.07) is 11.0. The van der Waals surface area contributed by atoms with E-state index < -0.39 is 0 Å². The minimum atomic E-state index is 0.697. The Morgan fingerprint density at radius 2 is 1.86 bits per heavy atom. The van der Waals surface area contributed by atoms with Gasteiger partial charge in [-0.15, -0.1) is 0 Å². The number of anilines is 1. The molecule has 1 fully saturated rings. The van der Waals surface area contributed by atoms with E-state index in [9.17, 15) is 0 Å². The number of aromatic amines is 1. The lowest BCUT2D eigenvalue weighted by Crippen LogP contribution is -2.43. The molecule has 0 atom stereocenters. The number of hydrogen-bond acceptors (Lipinski definition) is 3. The van der Waals surface area contributed by atoms with Crippen LogP contribution < -0.4 is 10.2 Å². The van der Waals surface area contributed by atoms with Crippen molar-refractivity contribution in [2.75, 3.05) is 31.1 Å². The number of nitrogens with one attached hydrogen (secondary N) is 2. The molecule has 4 heteroatoms. The molecule has 0 radical (unpaired) electrons. The molecule has 2 N–H and O–H groups in total. The molecule has 1 aromatic carbocycles. The highest BCUT2D eigenvalue weighted by Gasteiger charge is 2.13. The Morgan fingerprint density at radius 3 is 2.52 bits per heavy atom. The molecule has 0 saturated carbocycles. The van der Waals surface area contributed by atoms with Gasteiger partial charge in [-0.2, -0.15) is 5.10 Å². The molecule has 0 unspecified atom stereocenters. The van der Waals surface area contributed by atoms with Crippen molar-refractivity contribution in [3.05, 3.63) is 35.9 Å². The van der Waals surface area contributed by atoms with Crippen LogP contribution in [-0.4, -0.2) is 36.4 Å². The van der Waals surface area contributed by atoms with Crippen molar-refractivity contribution in [3.63, 3.8) is 0 Å². The van der Waals surface area contributed by atoms with E-state index in [2.05, 4.69) is 64.6 Å². The summed E-state index contributed by atoms with van der Waals surface area (Å²) in [5, 5.41) is 11.0. The standard InChI is InChI=1S/C17H24N4/c1-13(2)11-14-3-5-15(6-4-14)16-12-17(20-19-16)21-9-7-18-8-10-21/h3-6,12-13,18H,7-11H2,1-2H3,(H,19,20). The number of nitrogens with zero attached hydrogens (tertiary/aromatic N) is 2. The lowest BCUT2D eigenvalue weighted by atomic mass is 10.0. The van der Waals surface area contributed by atoms with Crippen molar-refractivity contribution < 1.29 is 0 Å². The van der Waals surface area contributed by atoms with E-state index in [-0.39, 0.29) is 0 Å². The minimum Gasteiger partial charge on any atom is -0.353 e. The molecular formula is C17H24N4. The lowest BCUT2D eigenvalue weighted by molar-refractivity contribution is 0.584. The Labute approximate surface area is 126 Å². The van der Waals surface area contributed by atoms with E-state index in [1.807, 2.05) is 0 Å². The average molecular weight is 284 g/mol. The van der Waals surface area contributed by atoms with Gasteiger partial charge in [0.15, 0.2) is 5.82 Å². The largest absolute Gasteiger partial charge is 0.353 e. The molecule has 2 aromatic rings. The summed E-state index contributed by atoms with van der Waals surface area (Å²) >= 11 is 0. The first-order valence-electron chi connectivity index (χ1n) is 7.83. The van der Waals surface area contributed by atoms with Gasteiger partial charge < -0.3 is 10.2 Å². The zero-order valence-electron chi connectivity index (χ0n) is 12.9. The van der Waals surface area contributed by atoms with Crippen LogP contribution in [0.25, 0.3) is 11.3 Å². The number of piperazine rings is 1. The molecule has 112 valence electrons. The quantitative estimate of drug-likeness (QED) is 0.907. The van der Waals surface area contributed by atoms with Gasteiger partial charge in [0.05, 0.1) is 5.69 Å². The van der Waals surface area contributed by atoms with Crippen molar-refractivity contribution in [2.24, 2.45) is 5.92 Å². The molecule has 1 saturated heterocycles. The predicted octanol–water partition coefficient (Wildman–Crippen LogP) is 2.68. The van der Waals surface area contributed by atoms with Crippen molar-refractivity contribution in [2.45, 2.75) is 20.3 Å². The summed E-state index contributed by atoms with van der Waals surface area (Å²) in [5.74, 6) is 1.75. The van der Waals surface area contributed by atoms with Gasteiger partial charge in [0, 0.05) is 32.2 Å². The van der Waals surface area contributed by atoms with Gasteiger partial charge in [-0.05, 0) is 23.5 Å². The summed E-state index contributed by atoms with van der Waals surface area (Å²) in [4.78, 5) is 2.32. The SMILES string of the molecule is CC(C)Cc1ccc(-c2cc(N3CCNCC3)n[nH]2)cc1. The summed E-state index contributed by atoms with van der Waals surface area (Å²) in [6.07, 6.45) is 1.13. The van der Waals surface area contributed by atoms with E-state index in [0.29, 0.717) is 5.92 Å². The number of aromatic nitrogens is 2. The summed E-state index contributed by atoms with van der Waals surface area (Å²) < 4.78 is 0. The highest BCUT2D eigenvalue weighted by Crippen LogP contribution is 2.23. The molecular weight excluding hydrogens is 260 g/mol. The summed E-state index contributed by atoms with van der Waals surface area (Å²) in [5.41, 5.74) is 3.70. The second kappa shape index (κ2) is 6.31. The van der Waals surface area contributed by atoms with Crippen molar-refractivity contribution in [1.29, 1.82) is 0 Å². The van der Waals surface area contributed by atoms with Gasteiger partial charge in [-0.1, -0.05) is 38.1 Å². The topological polar surface area (TPSA) is 44.0 Å². The fourth-order valence-corrected chi connectivity index (χ4v) is 2.81. The third-order valence-corrected chi connectivity index (χ3v) is 3.91. The molecule has 1 aliphatic rings. The maximum atomic E-state index is 4.46. The number of rotatable bonds is 4. The molecule has 4 nitrogen and oxygen atoms in total. The van der Waals surface area contributed by atoms with Crippen LogP contribution >= 0.6 is 0 Å². The Bertz CT molecular complexity index is 565. The monoisotopic (exact) mass is 284 g/mol. The van der Waals surface area contributed by atoms with E-state index in [4.69, 9.17) is 0 Å². The first-order valence-corrected chi connectivity index (χ1v) is 7.83. The second-order valence-electron chi connectivity index (χ2n) is 6.17. The summed E-state index contributed by atoms with van der Waals surface area (Å²) in [7, 11) is 0. The van der Waals surface area contributed by atoms with Gasteiger partial charge >= 0.3 is 0 Å². The molecule has 0 spiro atoms. The normalized spacial score (nSPS) is 15.7. The van der Waals surface area contributed by atoms with Gasteiger partial charge in [0.1, 0.15) is 0 Å². The van der Waals surface area contributed by atoms with Crippen LogP contribution in [-0.2, 0) is 6.42 Å². The van der Waals surface area contributed by atoms with Crippen molar-refractivity contribution in [3.8, 4) is 11.3 Å². The van der Waals surface area contributed by atoms with Gasteiger partial charge in [0.25, 0.3) is 0 Å². The smallest absolute Gasteiger partial charge is 0.151 e. The number of benzene rings is 1. The Kier molecular flexibility index (Phi) is 4.25. The van der Waals surface area contributed by atoms with E-state index in [0.717, 1.165) is 44.1 Å². The molecule has 3 rings (SSSR count). The molecule has 0 aliphatic carbocycles. The molecule has 0 amide bonds. The van der Waals surface area contributed by atoms with Crippen LogP contribution in [0.15, 0.2) is 30.3 Å². The molecule has 1 aromatic heterocycles. The molecule has 1 aliphatic heterocycles. The van der Waals surface area contributed by atoms with E-state index >= 15 is 0 Å². The van der Waals surface area contributed by atoms with E-state index in [1.54, 1.807) is 0 Å². The Morgan fingerprint density at radius 1 is 1.14 bits per heavy atom. The first kappa shape index (κ1) is 14.1. The van der Waals surface area contributed by atoms with Crippen molar-refractivity contribution in [1.82, 2.24) is 15.5 Å². The fraction of sp³-hybridized carbons (Fsp3) is 0.471. The average Bonchev–Trinajstić information content (AvgIpc) is 2.98. The fourth-order valence-electron chi connectivity index (χ4n) is 2.81. The molecule has 21 heavy (non-hydrogen) atoms. The minimum absolute atomic E-state index is 0.697. The third-order valence-electron chi connectivity index (χ3n) is 3.91. The lowest BCUT2D eigenvalue weighted by Gasteiger charge is -2.26. The molecule has 0 bridgehead atoms. The maximum Gasteiger partial charge on any atom is 0.151 e. The molecule has 2 heterocycles. The van der Waals surface area contributed by atoms with Crippen LogP contribution in [0.5, 0.6) is 0 Å². The predicted molar refractivity (Wildman–Crippen MR) is 87.6 cm³/mol. The van der Waals surface area contributed by atoms with Crippen LogP contribution in [0.2, 0.25) is 0 Å². The van der Waals surface area contributed by atoms with Crippen LogP contribution in [0.4, 0.5) is 5.82 Å². The first-order chi connectivity index (χ1) is 10.2. The van der Waals surface area contributed by atoms with Crippen molar-refractivity contribution >= 4 is 5.82 Å².